The smallest absolute Gasteiger partial charge is 0.417 e. The molecule has 1 aliphatic heterocycles. The van der Waals surface area contributed by atoms with Crippen molar-refractivity contribution < 1.29 is 48.0 Å². The molecule has 0 radical (unpaired) electrons. The van der Waals surface area contributed by atoms with Crippen LogP contribution in [0, 0.1) is 11.8 Å². The second-order valence-corrected chi connectivity index (χ2v) is 10.8. The maximum atomic E-state index is 14.5. The van der Waals surface area contributed by atoms with Crippen molar-refractivity contribution in [1.29, 1.82) is 0 Å². The van der Waals surface area contributed by atoms with Crippen molar-refractivity contribution in [2.45, 2.75) is 62.9 Å². The van der Waals surface area contributed by atoms with Crippen LogP contribution in [0.3, 0.4) is 0 Å². The predicted octanol–water partition coefficient (Wildman–Crippen LogP) is 1.85. The fourth-order valence-corrected chi connectivity index (χ4v) is 6.87. The number of phenolic OH excluding ortho intramolecular Hbond substituents is 1. The van der Waals surface area contributed by atoms with Crippen molar-refractivity contribution in [3.63, 3.8) is 0 Å². The first-order valence-electron chi connectivity index (χ1n) is 13.2. The lowest BCUT2D eigenvalue weighted by atomic mass is 9.57. The van der Waals surface area contributed by atoms with Gasteiger partial charge in [-0.1, -0.05) is 6.92 Å². The minimum atomic E-state index is -4.86. The molecular formula is C27H30F3N3O7. The number of ketones is 2. The van der Waals surface area contributed by atoms with Crippen LogP contribution in [0.1, 0.15) is 60.9 Å². The van der Waals surface area contributed by atoms with Gasteiger partial charge in [-0.3, -0.25) is 14.4 Å². The van der Waals surface area contributed by atoms with Crippen LogP contribution in [0.4, 0.5) is 13.2 Å². The Balaban J connectivity index is 1.73. The number of primary amides is 1. The highest BCUT2D eigenvalue weighted by atomic mass is 19.4. The van der Waals surface area contributed by atoms with E-state index in [4.69, 9.17) is 5.73 Å². The standard InChI is InChI=1S/C27H30F3N3O7/c1-2-5-33-20-13-8-10-7-12-17(15(34)9-11(14-4-3-6-32-14)19(12)27(28,29)30)21(35)16(10)23(37)26(13,40)24(38)18(22(20)36)25(31)39/h9-10,13-14,20,32-35,38,40H,2-8H2,1H3,(H2,31,39)/t10-,13-,14?,20-,26-/m0/s1. The number of benzene rings is 1. The molecule has 1 amide bonds. The van der Waals surface area contributed by atoms with E-state index in [0.717, 1.165) is 6.07 Å². The number of phenols is 1. The number of hydrogen-bond donors (Lipinski definition) is 7. The minimum absolute atomic E-state index is 0.168. The number of Topliss-reactive ketones (excluding diaryl/α,β-unsaturated/α-hetero) is 2. The molecule has 5 rings (SSSR count). The third-order valence-electron chi connectivity index (χ3n) is 8.57. The van der Waals surface area contributed by atoms with Crippen LogP contribution >= 0.6 is 0 Å². The van der Waals surface area contributed by atoms with E-state index in [0.29, 0.717) is 25.8 Å². The molecule has 216 valence electrons. The lowest BCUT2D eigenvalue weighted by molar-refractivity contribution is -0.150. The molecule has 1 saturated carbocycles. The first-order chi connectivity index (χ1) is 18.7. The van der Waals surface area contributed by atoms with E-state index >= 15 is 0 Å². The number of fused-ring (bicyclic) bond motifs is 3. The van der Waals surface area contributed by atoms with Crippen molar-refractivity contribution in [1.82, 2.24) is 10.6 Å². The number of aromatic hydroxyl groups is 1. The van der Waals surface area contributed by atoms with Crippen molar-refractivity contribution in [2.75, 3.05) is 13.1 Å². The molecule has 1 aromatic carbocycles. The molecule has 0 spiro atoms. The highest BCUT2D eigenvalue weighted by Gasteiger charge is 2.64. The summed E-state index contributed by atoms with van der Waals surface area (Å²) in [5.41, 5.74) is -1.19. The summed E-state index contributed by atoms with van der Waals surface area (Å²) in [7, 11) is 0. The number of nitrogens with one attached hydrogen (secondary N) is 2. The molecule has 5 atom stereocenters. The molecule has 8 N–H and O–H groups in total. The fourth-order valence-electron chi connectivity index (χ4n) is 6.87. The van der Waals surface area contributed by atoms with Gasteiger partial charge in [-0.2, -0.15) is 13.2 Å². The number of carbonyl (C=O) groups is 3. The van der Waals surface area contributed by atoms with Gasteiger partial charge in [0.1, 0.15) is 22.8 Å². The zero-order valence-corrected chi connectivity index (χ0v) is 21.6. The van der Waals surface area contributed by atoms with Crippen molar-refractivity contribution in [3.8, 4) is 5.75 Å². The van der Waals surface area contributed by atoms with E-state index in [1.807, 2.05) is 0 Å². The summed E-state index contributed by atoms with van der Waals surface area (Å²) in [6.07, 6.45) is -4.04. The number of alkyl halides is 3. The predicted molar refractivity (Wildman–Crippen MR) is 134 cm³/mol. The Kier molecular flexibility index (Phi) is 6.75. The molecule has 40 heavy (non-hydrogen) atoms. The zero-order chi connectivity index (χ0) is 29.3. The van der Waals surface area contributed by atoms with Gasteiger partial charge in [0.15, 0.2) is 11.4 Å². The SMILES string of the molecule is CCCN[C@@H]1C(=O)C(C(N)=O)=C(O)[C@@]2(O)C(=O)C3=C(O)c4c(O)cc(C5CCCN5)c(C(F)(F)F)c4C[C@H]3C[C@@H]12. The molecule has 1 saturated heterocycles. The molecule has 13 heteroatoms. The van der Waals surface area contributed by atoms with Gasteiger partial charge in [-0.15, -0.1) is 0 Å². The maximum absolute atomic E-state index is 14.5. The lowest BCUT2D eigenvalue weighted by Gasteiger charge is -2.49. The third-order valence-corrected chi connectivity index (χ3v) is 8.57. The Hall–Kier alpha value is -3.42. The highest BCUT2D eigenvalue weighted by Crippen LogP contribution is 2.54. The maximum Gasteiger partial charge on any atom is 0.417 e. The van der Waals surface area contributed by atoms with Crippen LogP contribution in [0.5, 0.6) is 5.75 Å². The normalized spacial score (nSPS) is 30.3. The summed E-state index contributed by atoms with van der Waals surface area (Å²) < 4.78 is 43.6. The minimum Gasteiger partial charge on any atom is -0.508 e. The quantitative estimate of drug-likeness (QED) is 0.262. The Morgan fingerprint density at radius 3 is 2.52 bits per heavy atom. The number of rotatable bonds is 5. The molecule has 1 unspecified atom stereocenters. The average Bonchev–Trinajstić information content (AvgIpc) is 3.40. The van der Waals surface area contributed by atoms with Gasteiger partial charge in [0.25, 0.3) is 5.91 Å². The lowest BCUT2D eigenvalue weighted by Crippen LogP contribution is -2.66. The van der Waals surface area contributed by atoms with E-state index in [-0.39, 0.29) is 18.5 Å². The van der Waals surface area contributed by atoms with E-state index in [1.54, 1.807) is 6.92 Å². The van der Waals surface area contributed by atoms with Crippen LogP contribution in [0.25, 0.3) is 5.76 Å². The van der Waals surface area contributed by atoms with Gasteiger partial charge >= 0.3 is 6.18 Å². The van der Waals surface area contributed by atoms with E-state index in [1.165, 1.54) is 0 Å². The largest absolute Gasteiger partial charge is 0.508 e. The average molecular weight is 566 g/mol. The topological polar surface area (TPSA) is 182 Å². The number of carbonyl (C=O) groups excluding carboxylic acids is 3. The second-order valence-electron chi connectivity index (χ2n) is 10.8. The number of halogens is 3. The highest BCUT2D eigenvalue weighted by molar-refractivity contribution is 6.24. The molecule has 2 fully saturated rings. The molecule has 4 aliphatic rings. The number of aliphatic hydroxyl groups excluding tert-OH is 2. The van der Waals surface area contributed by atoms with E-state index < -0.39 is 105 Å². The van der Waals surface area contributed by atoms with Gasteiger partial charge in [-0.25, -0.2) is 0 Å². The monoisotopic (exact) mass is 565 g/mol. The van der Waals surface area contributed by atoms with Crippen molar-refractivity contribution >= 4 is 23.2 Å². The Labute approximate surface area is 226 Å². The van der Waals surface area contributed by atoms with Crippen molar-refractivity contribution in [2.24, 2.45) is 17.6 Å². The molecule has 10 nitrogen and oxygen atoms in total. The van der Waals surface area contributed by atoms with Crippen LogP contribution in [-0.4, -0.2) is 62.6 Å². The molecular weight excluding hydrogens is 535 g/mol. The molecule has 0 bridgehead atoms. The van der Waals surface area contributed by atoms with Gasteiger partial charge in [-0.05, 0) is 68.3 Å². The first-order valence-corrected chi connectivity index (χ1v) is 13.2. The summed E-state index contributed by atoms with van der Waals surface area (Å²) in [6.45, 7) is 2.49. The Bertz CT molecular complexity index is 1380. The number of nitrogens with two attached hydrogens (primary N) is 1. The summed E-state index contributed by atoms with van der Waals surface area (Å²) in [6, 6.07) is -1.10. The first kappa shape index (κ1) is 28.1. The number of hydrogen-bond acceptors (Lipinski definition) is 9. The van der Waals surface area contributed by atoms with E-state index in [2.05, 4.69) is 10.6 Å². The van der Waals surface area contributed by atoms with Gasteiger partial charge in [0, 0.05) is 17.5 Å². The number of aliphatic hydroxyl groups is 3. The molecule has 0 aromatic heterocycles. The van der Waals surface area contributed by atoms with Crippen LogP contribution in [0.15, 0.2) is 23.0 Å². The third kappa shape index (κ3) is 3.93. The van der Waals surface area contributed by atoms with Gasteiger partial charge in [0.2, 0.25) is 5.78 Å². The molecule has 1 aromatic rings. The van der Waals surface area contributed by atoms with E-state index in [9.17, 15) is 48.0 Å². The van der Waals surface area contributed by atoms with Crippen molar-refractivity contribution in [3.05, 3.63) is 45.2 Å². The Morgan fingerprint density at radius 2 is 1.95 bits per heavy atom. The zero-order valence-electron chi connectivity index (χ0n) is 21.6. The Morgan fingerprint density at radius 1 is 1.25 bits per heavy atom. The summed E-state index contributed by atoms with van der Waals surface area (Å²) in [5.74, 6) is -8.97. The van der Waals surface area contributed by atoms with Gasteiger partial charge in [0.05, 0.1) is 17.2 Å². The van der Waals surface area contributed by atoms with Crippen LogP contribution in [0.2, 0.25) is 0 Å². The second kappa shape index (κ2) is 9.60. The summed E-state index contributed by atoms with van der Waals surface area (Å²) in [4.78, 5) is 39.1. The summed E-state index contributed by atoms with van der Waals surface area (Å²) >= 11 is 0. The molecule has 3 aliphatic carbocycles. The summed E-state index contributed by atoms with van der Waals surface area (Å²) in [5, 5.41) is 50.4. The van der Waals surface area contributed by atoms with Crippen LogP contribution < -0.4 is 16.4 Å². The van der Waals surface area contributed by atoms with Gasteiger partial charge < -0.3 is 36.8 Å². The molecule has 1 heterocycles. The fraction of sp³-hybridized carbons (Fsp3) is 0.519. The number of amides is 1. The van der Waals surface area contributed by atoms with Crippen LogP contribution in [-0.2, 0) is 27.0 Å².